The van der Waals surface area contributed by atoms with Gasteiger partial charge in [0.25, 0.3) is 0 Å². The van der Waals surface area contributed by atoms with Crippen LogP contribution in [-0.2, 0) is 23.4 Å². The summed E-state index contributed by atoms with van der Waals surface area (Å²) in [6.07, 6.45) is 2.64. The summed E-state index contributed by atoms with van der Waals surface area (Å²) in [5, 5.41) is 0. The normalized spacial score (nSPS) is 12.3. The van der Waals surface area contributed by atoms with Crippen molar-refractivity contribution in [3.63, 3.8) is 0 Å². The van der Waals surface area contributed by atoms with E-state index in [1.54, 1.807) is 5.94 Å². The number of methoxy groups -OCH3 is 2. The summed E-state index contributed by atoms with van der Waals surface area (Å²) in [6, 6.07) is 0. The van der Waals surface area contributed by atoms with Gasteiger partial charge < -0.3 is 19.3 Å². The molecule has 0 saturated carbocycles. The van der Waals surface area contributed by atoms with Crippen molar-refractivity contribution in [1.29, 1.82) is 0 Å². The molecule has 0 aromatic carbocycles. The van der Waals surface area contributed by atoms with E-state index in [1.807, 2.05) is 6.92 Å². The van der Waals surface area contributed by atoms with Crippen LogP contribution in [0.2, 0.25) is 0 Å². The fourth-order valence-electron chi connectivity index (χ4n) is 1.43. The molecular weight excluding hydrogens is 263 g/mol. The molecule has 106 valence electrons. The van der Waals surface area contributed by atoms with Crippen LogP contribution < -0.4 is 0 Å². The predicted octanol–water partition coefficient (Wildman–Crippen LogP) is 1.38. The fraction of sp³-hybridized carbons (Fsp3) is 0.800. The second-order valence-corrected chi connectivity index (χ2v) is 4.75. The quantitative estimate of drug-likeness (QED) is 0.285. The van der Waals surface area contributed by atoms with Crippen LogP contribution in [0.5, 0.6) is 0 Å². The molecule has 0 amide bonds. The van der Waals surface area contributed by atoms with Crippen LogP contribution in [0.25, 0.3) is 0 Å². The number of carbonyl (C=O) groups excluding carboxylic acids is 1. The van der Waals surface area contributed by atoms with E-state index in [1.165, 1.54) is 0 Å². The van der Waals surface area contributed by atoms with E-state index in [9.17, 15) is 9.36 Å². The molecule has 0 aliphatic rings. The second kappa shape index (κ2) is 7.81. The molecule has 7 nitrogen and oxygen atoms in total. The van der Waals surface area contributed by atoms with Crippen LogP contribution in [-0.4, -0.2) is 35.9 Å². The van der Waals surface area contributed by atoms with E-state index in [2.05, 4.69) is 4.52 Å². The van der Waals surface area contributed by atoms with Crippen molar-refractivity contribution in [2.75, 3.05) is 14.2 Å². The Hall–Kier alpha value is -0.520. The van der Waals surface area contributed by atoms with Crippen LogP contribution in [0.15, 0.2) is 5.57 Å². The lowest BCUT2D eigenvalue weighted by molar-refractivity contribution is -0.301. The van der Waals surface area contributed by atoms with E-state index in [-0.39, 0.29) is 12.0 Å². The number of ether oxygens (including phenoxy) is 2. The molecule has 0 aliphatic carbocycles. The molecule has 18 heavy (non-hydrogen) atoms. The molecule has 0 radical (unpaired) electrons. The molecule has 0 spiro atoms. The van der Waals surface area contributed by atoms with E-state index in [0.29, 0.717) is 6.42 Å². The summed E-state index contributed by atoms with van der Waals surface area (Å²) in [5.41, 5.74) is -0.121. The lowest BCUT2D eigenvalue weighted by Crippen LogP contribution is -2.38. The zero-order valence-electron chi connectivity index (χ0n) is 10.7. The van der Waals surface area contributed by atoms with Crippen LogP contribution in [0.4, 0.5) is 0 Å². The highest BCUT2D eigenvalue weighted by Gasteiger charge is 2.43. The largest absolute Gasteiger partial charge is 0.474 e. The first-order chi connectivity index (χ1) is 8.35. The summed E-state index contributed by atoms with van der Waals surface area (Å²) < 4.78 is 24.9. The first kappa shape index (κ1) is 17.5. The molecule has 8 heteroatoms. The van der Waals surface area contributed by atoms with Gasteiger partial charge in [0.2, 0.25) is 0 Å². The number of unbranched alkanes of at least 4 members (excludes halogenated alkanes) is 2. The zero-order valence-corrected chi connectivity index (χ0v) is 11.6. The van der Waals surface area contributed by atoms with Crippen molar-refractivity contribution < 1.29 is 33.1 Å². The topological polar surface area (TPSA) is 102 Å². The van der Waals surface area contributed by atoms with Gasteiger partial charge in [-0.25, -0.2) is 13.9 Å². The zero-order chi connectivity index (χ0) is 14.2. The third kappa shape index (κ3) is 5.42. The second-order valence-electron chi connectivity index (χ2n) is 3.58. The maximum absolute atomic E-state index is 10.9. The number of hydrogen-bond donors (Lipinski definition) is 2. The third-order valence-electron chi connectivity index (χ3n) is 2.30. The van der Waals surface area contributed by atoms with Gasteiger partial charge in [-0.2, -0.15) is 0 Å². The van der Waals surface area contributed by atoms with E-state index in [0.717, 1.165) is 27.1 Å². The molecule has 0 unspecified atom stereocenters. The average Bonchev–Trinajstić information content (AvgIpc) is 2.31. The summed E-state index contributed by atoms with van der Waals surface area (Å²) >= 11 is 0. The Labute approximate surface area is 106 Å². The van der Waals surface area contributed by atoms with Gasteiger partial charge in [0, 0.05) is 14.2 Å². The average molecular weight is 282 g/mol. The number of phosphoric acid groups is 1. The minimum atomic E-state index is -4.88. The molecule has 0 bridgehead atoms. The van der Waals surface area contributed by atoms with Crippen molar-refractivity contribution in [3.8, 4) is 0 Å². The number of phosphoric ester groups is 1. The van der Waals surface area contributed by atoms with E-state index < -0.39 is 13.8 Å². The highest BCUT2D eigenvalue weighted by molar-refractivity contribution is 7.46. The summed E-state index contributed by atoms with van der Waals surface area (Å²) in [5.74, 6) is -0.611. The Morgan fingerprint density at radius 2 is 1.83 bits per heavy atom. The molecule has 0 saturated heterocycles. The lowest BCUT2D eigenvalue weighted by atomic mass is 10.1. The minimum absolute atomic E-state index is 0.121. The highest BCUT2D eigenvalue weighted by atomic mass is 31.2. The van der Waals surface area contributed by atoms with Crippen molar-refractivity contribution in [1.82, 2.24) is 0 Å². The van der Waals surface area contributed by atoms with Gasteiger partial charge >= 0.3 is 13.8 Å². The minimum Gasteiger partial charge on any atom is -0.326 e. The maximum atomic E-state index is 10.9. The standard InChI is InChI=1S/C10H19O7P/c1-4-5-6-7-9(8-11)10(15-2,16-3)17-18(12,13)14/h4-7H2,1-3H3,(H2,12,13,14). The van der Waals surface area contributed by atoms with Crippen LogP contribution in [0.1, 0.15) is 32.6 Å². The van der Waals surface area contributed by atoms with E-state index >= 15 is 0 Å². The fourth-order valence-corrected chi connectivity index (χ4v) is 2.01. The van der Waals surface area contributed by atoms with Crippen molar-refractivity contribution in [3.05, 3.63) is 5.57 Å². The Kier molecular flexibility index (Phi) is 7.59. The molecule has 0 rings (SSSR count). The number of rotatable bonds is 9. The molecule has 0 atom stereocenters. The first-order valence-electron chi connectivity index (χ1n) is 5.46. The van der Waals surface area contributed by atoms with Crippen LogP contribution >= 0.6 is 7.82 Å². The van der Waals surface area contributed by atoms with Gasteiger partial charge in [-0.15, -0.1) is 0 Å². The Bertz CT molecular complexity index is 338. The van der Waals surface area contributed by atoms with Gasteiger partial charge in [-0.1, -0.05) is 19.8 Å². The summed E-state index contributed by atoms with van der Waals surface area (Å²) in [7, 11) is -2.63. The van der Waals surface area contributed by atoms with Gasteiger partial charge in [-0.3, -0.25) is 0 Å². The van der Waals surface area contributed by atoms with Crippen molar-refractivity contribution >= 4 is 13.8 Å². The molecule has 0 heterocycles. The molecule has 0 aromatic heterocycles. The van der Waals surface area contributed by atoms with Crippen LogP contribution in [0.3, 0.4) is 0 Å². The van der Waals surface area contributed by atoms with Crippen molar-refractivity contribution in [2.24, 2.45) is 0 Å². The Balaban J connectivity index is 5.05. The SMILES string of the molecule is CCCCCC(=C=O)C(OC)(OC)OP(=O)(O)O. The highest BCUT2D eigenvalue weighted by Crippen LogP contribution is 2.45. The van der Waals surface area contributed by atoms with Crippen molar-refractivity contribution in [2.45, 2.75) is 38.6 Å². The summed E-state index contributed by atoms with van der Waals surface area (Å²) in [6.45, 7) is 1.98. The Morgan fingerprint density at radius 1 is 1.28 bits per heavy atom. The van der Waals surface area contributed by atoms with Gasteiger partial charge in [-0.05, 0) is 12.8 Å². The van der Waals surface area contributed by atoms with Crippen LogP contribution in [0, 0.1) is 0 Å². The smallest absolute Gasteiger partial charge is 0.326 e. The Morgan fingerprint density at radius 3 is 2.17 bits per heavy atom. The lowest BCUT2D eigenvalue weighted by Gasteiger charge is -2.30. The van der Waals surface area contributed by atoms with Gasteiger partial charge in [0.15, 0.2) is 0 Å². The van der Waals surface area contributed by atoms with E-state index in [4.69, 9.17) is 19.3 Å². The molecule has 0 aliphatic heterocycles. The van der Waals surface area contributed by atoms with Gasteiger partial charge in [0.1, 0.15) is 11.5 Å². The third-order valence-corrected chi connectivity index (χ3v) is 2.78. The molecular formula is C10H19O7P. The first-order valence-corrected chi connectivity index (χ1v) is 6.99. The van der Waals surface area contributed by atoms with Gasteiger partial charge in [0.05, 0.1) is 0 Å². The molecule has 0 aromatic rings. The monoisotopic (exact) mass is 282 g/mol. The predicted molar refractivity (Wildman–Crippen MR) is 63.2 cm³/mol. The molecule has 0 fully saturated rings. The molecule has 2 N–H and O–H groups in total. The number of hydrogen-bond acceptors (Lipinski definition) is 5. The summed E-state index contributed by atoms with van der Waals surface area (Å²) in [4.78, 5) is 28.5. The maximum Gasteiger partial charge on any atom is 0.474 e.